The molecular weight excluding hydrogens is 196 g/mol. The van der Waals surface area contributed by atoms with Crippen LogP contribution in [0.2, 0.25) is 0 Å². The number of hydrogen-bond acceptors (Lipinski definition) is 4. The van der Waals surface area contributed by atoms with E-state index in [1.54, 1.807) is 12.1 Å². The molecule has 0 unspecified atom stereocenters. The molecule has 0 amide bonds. The minimum Gasteiger partial charge on any atom is -0.457 e. The third kappa shape index (κ3) is 4.65. The Bertz CT molecular complexity index is 266. The van der Waals surface area contributed by atoms with Crippen molar-refractivity contribution in [2.75, 3.05) is 19.8 Å². The van der Waals surface area contributed by atoms with Crippen molar-refractivity contribution < 1.29 is 18.7 Å². The van der Waals surface area contributed by atoms with E-state index in [2.05, 4.69) is 6.92 Å². The molecule has 1 aromatic heterocycles. The Kier molecular flexibility index (Phi) is 5.55. The molecule has 4 nitrogen and oxygen atoms in total. The molecule has 84 valence electrons. The number of furan rings is 1. The van der Waals surface area contributed by atoms with Crippen molar-refractivity contribution >= 4 is 5.97 Å². The van der Waals surface area contributed by atoms with Gasteiger partial charge in [0.05, 0.1) is 12.9 Å². The van der Waals surface area contributed by atoms with Gasteiger partial charge in [-0.15, -0.1) is 0 Å². The molecule has 0 bridgehead atoms. The van der Waals surface area contributed by atoms with Crippen molar-refractivity contribution in [3.05, 3.63) is 24.2 Å². The quantitative estimate of drug-likeness (QED) is 0.513. The van der Waals surface area contributed by atoms with Crippen LogP contribution < -0.4 is 0 Å². The monoisotopic (exact) mass is 212 g/mol. The van der Waals surface area contributed by atoms with E-state index in [1.165, 1.54) is 6.26 Å². The highest BCUT2D eigenvalue weighted by Gasteiger charge is 2.08. The van der Waals surface area contributed by atoms with Crippen molar-refractivity contribution in [3.8, 4) is 0 Å². The van der Waals surface area contributed by atoms with Gasteiger partial charge in [-0.05, 0) is 18.6 Å². The summed E-state index contributed by atoms with van der Waals surface area (Å²) >= 11 is 0. The van der Waals surface area contributed by atoms with Crippen LogP contribution >= 0.6 is 0 Å². The molecule has 15 heavy (non-hydrogen) atoms. The SMILES string of the molecule is CCCCOCCOC(=O)c1ccco1. The number of hydrogen-bond donors (Lipinski definition) is 0. The van der Waals surface area contributed by atoms with Crippen LogP contribution in [0.3, 0.4) is 0 Å². The van der Waals surface area contributed by atoms with Gasteiger partial charge in [0.1, 0.15) is 6.61 Å². The van der Waals surface area contributed by atoms with Crippen LogP contribution in [-0.4, -0.2) is 25.8 Å². The van der Waals surface area contributed by atoms with E-state index in [9.17, 15) is 4.79 Å². The Morgan fingerprint density at radius 1 is 1.40 bits per heavy atom. The number of esters is 1. The van der Waals surface area contributed by atoms with Crippen molar-refractivity contribution in [1.29, 1.82) is 0 Å². The number of rotatable bonds is 7. The molecule has 0 saturated heterocycles. The van der Waals surface area contributed by atoms with Crippen molar-refractivity contribution in [3.63, 3.8) is 0 Å². The molecule has 0 aromatic carbocycles. The van der Waals surface area contributed by atoms with E-state index in [4.69, 9.17) is 13.9 Å². The first-order chi connectivity index (χ1) is 7.34. The van der Waals surface area contributed by atoms with Crippen LogP contribution in [-0.2, 0) is 9.47 Å². The van der Waals surface area contributed by atoms with Crippen molar-refractivity contribution in [2.24, 2.45) is 0 Å². The first-order valence-corrected chi connectivity index (χ1v) is 5.13. The second-order valence-corrected chi connectivity index (χ2v) is 3.08. The molecule has 1 heterocycles. The molecule has 0 aliphatic rings. The zero-order valence-electron chi connectivity index (χ0n) is 8.90. The lowest BCUT2D eigenvalue weighted by atomic mass is 10.4. The molecule has 0 saturated carbocycles. The predicted octanol–water partition coefficient (Wildman–Crippen LogP) is 2.25. The van der Waals surface area contributed by atoms with Gasteiger partial charge in [-0.2, -0.15) is 0 Å². The van der Waals surface area contributed by atoms with Gasteiger partial charge in [-0.25, -0.2) is 4.79 Å². The van der Waals surface area contributed by atoms with Crippen LogP contribution in [0.4, 0.5) is 0 Å². The summed E-state index contributed by atoms with van der Waals surface area (Å²) in [6, 6.07) is 3.22. The topological polar surface area (TPSA) is 48.7 Å². The Labute approximate surface area is 89.2 Å². The summed E-state index contributed by atoms with van der Waals surface area (Å²) < 4.78 is 15.0. The summed E-state index contributed by atoms with van der Waals surface area (Å²) in [7, 11) is 0. The average molecular weight is 212 g/mol. The van der Waals surface area contributed by atoms with E-state index in [-0.39, 0.29) is 12.4 Å². The smallest absolute Gasteiger partial charge is 0.374 e. The molecule has 0 spiro atoms. The zero-order chi connectivity index (χ0) is 10.9. The lowest BCUT2D eigenvalue weighted by Gasteiger charge is -2.03. The molecule has 1 rings (SSSR count). The molecule has 0 aliphatic heterocycles. The van der Waals surface area contributed by atoms with Crippen LogP contribution in [0.25, 0.3) is 0 Å². The van der Waals surface area contributed by atoms with Gasteiger partial charge < -0.3 is 13.9 Å². The van der Waals surface area contributed by atoms with Crippen LogP contribution in [0.15, 0.2) is 22.8 Å². The minimum absolute atomic E-state index is 0.226. The third-order valence-corrected chi connectivity index (χ3v) is 1.83. The lowest BCUT2D eigenvalue weighted by molar-refractivity contribution is 0.0284. The average Bonchev–Trinajstić information content (AvgIpc) is 2.76. The number of unbranched alkanes of at least 4 members (excludes halogenated alkanes) is 1. The highest BCUT2D eigenvalue weighted by molar-refractivity contribution is 5.86. The summed E-state index contributed by atoms with van der Waals surface area (Å²) in [4.78, 5) is 11.2. The standard InChI is InChI=1S/C11H16O4/c1-2-3-6-13-8-9-15-11(12)10-5-4-7-14-10/h4-5,7H,2-3,6,8-9H2,1H3. The first kappa shape index (κ1) is 11.8. The van der Waals surface area contributed by atoms with Crippen molar-refractivity contribution in [1.82, 2.24) is 0 Å². The Morgan fingerprint density at radius 3 is 2.93 bits per heavy atom. The van der Waals surface area contributed by atoms with E-state index in [1.807, 2.05) is 0 Å². The molecule has 0 aliphatic carbocycles. The summed E-state index contributed by atoms with van der Waals surface area (Å²) in [5.41, 5.74) is 0. The molecule has 0 N–H and O–H groups in total. The largest absolute Gasteiger partial charge is 0.457 e. The highest BCUT2D eigenvalue weighted by atomic mass is 16.6. The number of ether oxygens (including phenoxy) is 2. The second kappa shape index (κ2) is 7.06. The molecular formula is C11H16O4. The molecule has 0 fully saturated rings. The predicted molar refractivity (Wildman–Crippen MR) is 54.7 cm³/mol. The van der Waals surface area contributed by atoms with Gasteiger partial charge in [0.2, 0.25) is 5.76 Å². The van der Waals surface area contributed by atoms with Gasteiger partial charge in [0.25, 0.3) is 0 Å². The number of carbonyl (C=O) groups excluding carboxylic acids is 1. The van der Waals surface area contributed by atoms with Gasteiger partial charge in [-0.1, -0.05) is 13.3 Å². The van der Waals surface area contributed by atoms with E-state index in [0.29, 0.717) is 6.61 Å². The maximum absolute atomic E-state index is 11.2. The van der Waals surface area contributed by atoms with Gasteiger partial charge in [0.15, 0.2) is 0 Å². The molecule has 4 heteroatoms. The molecule has 1 aromatic rings. The first-order valence-electron chi connectivity index (χ1n) is 5.13. The fraction of sp³-hybridized carbons (Fsp3) is 0.545. The van der Waals surface area contributed by atoms with Crippen LogP contribution in [0, 0.1) is 0 Å². The van der Waals surface area contributed by atoms with Crippen LogP contribution in [0.1, 0.15) is 30.3 Å². The van der Waals surface area contributed by atoms with Gasteiger partial charge >= 0.3 is 5.97 Å². The maximum atomic E-state index is 11.2. The molecule has 0 atom stereocenters. The fourth-order valence-electron chi connectivity index (χ4n) is 1.01. The normalized spacial score (nSPS) is 10.2. The van der Waals surface area contributed by atoms with Gasteiger partial charge in [-0.3, -0.25) is 0 Å². The summed E-state index contributed by atoms with van der Waals surface area (Å²) in [6.07, 6.45) is 3.58. The minimum atomic E-state index is -0.445. The Morgan fingerprint density at radius 2 is 2.27 bits per heavy atom. The number of carbonyl (C=O) groups is 1. The van der Waals surface area contributed by atoms with E-state index in [0.717, 1.165) is 19.4 Å². The lowest BCUT2D eigenvalue weighted by Crippen LogP contribution is -2.10. The van der Waals surface area contributed by atoms with Gasteiger partial charge in [0, 0.05) is 6.61 Å². The summed E-state index contributed by atoms with van der Waals surface area (Å²) in [5.74, 6) is -0.220. The zero-order valence-corrected chi connectivity index (χ0v) is 8.90. The van der Waals surface area contributed by atoms with E-state index >= 15 is 0 Å². The second-order valence-electron chi connectivity index (χ2n) is 3.08. The Balaban J connectivity index is 2.03. The summed E-state index contributed by atoms with van der Waals surface area (Å²) in [6.45, 7) is 3.52. The summed E-state index contributed by atoms with van der Waals surface area (Å²) in [5, 5.41) is 0. The van der Waals surface area contributed by atoms with Crippen molar-refractivity contribution in [2.45, 2.75) is 19.8 Å². The maximum Gasteiger partial charge on any atom is 0.374 e. The Hall–Kier alpha value is -1.29. The highest BCUT2D eigenvalue weighted by Crippen LogP contribution is 2.01. The third-order valence-electron chi connectivity index (χ3n) is 1.83. The van der Waals surface area contributed by atoms with E-state index < -0.39 is 5.97 Å². The fourth-order valence-corrected chi connectivity index (χ4v) is 1.01. The van der Waals surface area contributed by atoms with Crippen LogP contribution in [0.5, 0.6) is 0 Å². The molecule has 0 radical (unpaired) electrons.